The summed E-state index contributed by atoms with van der Waals surface area (Å²) in [4.78, 5) is 2.36. The molecule has 17 heavy (non-hydrogen) atoms. The largest absolute Gasteiger partial charge is 0.383 e. The Labute approximate surface area is 111 Å². The quantitative estimate of drug-likeness (QED) is 0.849. The molecule has 0 amide bonds. The van der Waals surface area contributed by atoms with Crippen LogP contribution >= 0.6 is 23.2 Å². The van der Waals surface area contributed by atoms with Crippen LogP contribution in [0, 0.1) is 0 Å². The van der Waals surface area contributed by atoms with E-state index in [0.717, 1.165) is 37.9 Å². The Morgan fingerprint density at radius 3 is 2.94 bits per heavy atom. The summed E-state index contributed by atoms with van der Waals surface area (Å²) < 4.78 is 0. The van der Waals surface area contributed by atoms with Crippen LogP contribution in [0.5, 0.6) is 0 Å². The Kier molecular flexibility index (Phi) is 2.86. The Morgan fingerprint density at radius 1 is 1.29 bits per heavy atom. The van der Waals surface area contributed by atoms with Crippen LogP contribution in [0.4, 0.5) is 0 Å². The molecule has 3 rings (SSSR count). The zero-order chi connectivity index (χ0) is 12.0. The Bertz CT molecular complexity index is 451. The van der Waals surface area contributed by atoms with Crippen molar-refractivity contribution in [3.8, 4) is 0 Å². The summed E-state index contributed by atoms with van der Waals surface area (Å²) in [6.45, 7) is 2.04. The molecule has 2 aliphatic rings. The van der Waals surface area contributed by atoms with Gasteiger partial charge in [0.05, 0.1) is 10.0 Å². The molecule has 0 aromatic heterocycles. The predicted octanol–water partition coefficient (Wildman–Crippen LogP) is 3.05. The van der Waals surface area contributed by atoms with E-state index in [2.05, 4.69) is 4.90 Å². The summed E-state index contributed by atoms with van der Waals surface area (Å²) in [6.07, 6.45) is 2.95. The second-order valence-corrected chi connectivity index (χ2v) is 5.75. The van der Waals surface area contributed by atoms with E-state index in [4.69, 9.17) is 23.2 Å². The van der Waals surface area contributed by atoms with E-state index in [1.54, 1.807) is 6.07 Å². The molecule has 2 fully saturated rings. The molecule has 92 valence electrons. The second kappa shape index (κ2) is 4.13. The lowest BCUT2D eigenvalue weighted by Crippen LogP contribution is -2.38. The number of nitrogens with zero attached hydrogens (tertiary/aromatic N) is 1. The van der Waals surface area contributed by atoms with E-state index in [9.17, 15) is 5.11 Å². The molecule has 2 heterocycles. The van der Waals surface area contributed by atoms with Crippen LogP contribution in [0.3, 0.4) is 0 Å². The summed E-state index contributed by atoms with van der Waals surface area (Å²) in [5, 5.41) is 12.0. The van der Waals surface area contributed by atoms with Gasteiger partial charge >= 0.3 is 0 Å². The highest BCUT2D eigenvalue weighted by atomic mass is 35.5. The molecule has 1 aromatic carbocycles. The lowest BCUT2D eigenvalue weighted by Gasteiger charge is -2.31. The molecule has 1 N–H and O–H groups in total. The highest BCUT2D eigenvalue weighted by Gasteiger charge is 2.49. The number of hydrogen-bond acceptors (Lipinski definition) is 2. The molecule has 4 heteroatoms. The van der Waals surface area contributed by atoms with Crippen LogP contribution in [0.25, 0.3) is 0 Å². The maximum Gasteiger partial charge on any atom is 0.108 e. The van der Waals surface area contributed by atoms with Gasteiger partial charge in [-0.15, -0.1) is 0 Å². The zero-order valence-corrected chi connectivity index (χ0v) is 11.0. The second-order valence-electron chi connectivity index (χ2n) is 4.97. The van der Waals surface area contributed by atoms with Crippen molar-refractivity contribution in [3.63, 3.8) is 0 Å². The fraction of sp³-hybridized carbons (Fsp3) is 0.538. The van der Waals surface area contributed by atoms with E-state index >= 15 is 0 Å². The molecule has 0 aliphatic carbocycles. The van der Waals surface area contributed by atoms with E-state index in [1.807, 2.05) is 12.1 Å². The predicted molar refractivity (Wildman–Crippen MR) is 69.6 cm³/mol. The van der Waals surface area contributed by atoms with Gasteiger partial charge in [-0.25, -0.2) is 0 Å². The maximum absolute atomic E-state index is 11.0. The highest BCUT2D eigenvalue weighted by molar-refractivity contribution is 6.42. The van der Waals surface area contributed by atoms with Crippen LogP contribution in [-0.2, 0) is 5.60 Å². The Morgan fingerprint density at radius 2 is 2.12 bits per heavy atom. The summed E-state index contributed by atoms with van der Waals surface area (Å²) in [5.74, 6) is 0. The third kappa shape index (κ3) is 1.70. The van der Waals surface area contributed by atoms with E-state index in [1.165, 1.54) is 0 Å². The van der Waals surface area contributed by atoms with Gasteiger partial charge in [0.1, 0.15) is 5.60 Å². The van der Waals surface area contributed by atoms with Crippen molar-refractivity contribution in [1.29, 1.82) is 0 Å². The van der Waals surface area contributed by atoms with Crippen LogP contribution in [-0.4, -0.2) is 29.1 Å². The fourth-order valence-electron chi connectivity index (χ4n) is 3.27. The molecular formula is C13H15Cl2NO. The molecule has 1 aromatic rings. The van der Waals surface area contributed by atoms with Crippen molar-refractivity contribution in [1.82, 2.24) is 4.90 Å². The zero-order valence-electron chi connectivity index (χ0n) is 9.50. The summed E-state index contributed by atoms with van der Waals surface area (Å²) in [7, 11) is 0. The average Bonchev–Trinajstić information content (AvgIpc) is 2.88. The SMILES string of the molecule is OC1(c2cccc(Cl)c2Cl)CCN2CCCC21. The molecule has 0 saturated carbocycles. The fourth-order valence-corrected chi connectivity index (χ4v) is 3.73. The van der Waals surface area contributed by atoms with Gasteiger partial charge in [0.15, 0.2) is 0 Å². The third-order valence-electron chi connectivity index (χ3n) is 4.11. The number of aliphatic hydroxyl groups is 1. The van der Waals surface area contributed by atoms with Crippen molar-refractivity contribution in [2.24, 2.45) is 0 Å². The topological polar surface area (TPSA) is 23.5 Å². The molecule has 2 atom stereocenters. The number of rotatable bonds is 1. The first kappa shape index (κ1) is 11.8. The van der Waals surface area contributed by atoms with Crippen LogP contribution in [0.2, 0.25) is 10.0 Å². The van der Waals surface area contributed by atoms with Crippen LogP contribution < -0.4 is 0 Å². The summed E-state index contributed by atoms with van der Waals surface area (Å²) in [6, 6.07) is 5.73. The van der Waals surface area contributed by atoms with Gasteiger partial charge in [-0.2, -0.15) is 0 Å². The number of benzene rings is 1. The van der Waals surface area contributed by atoms with E-state index < -0.39 is 5.60 Å². The number of fused-ring (bicyclic) bond motifs is 1. The monoisotopic (exact) mass is 271 g/mol. The molecule has 0 spiro atoms. The van der Waals surface area contributed by atoms with Gasteiger partial charge in [-0.3, -0.25) is 4.90 Å². The van der Waals surface area contributed by atoms with E-state index in [0.29, 0.717) is 10.0 Å². The van der Waals surface area contributed by atoms with Crippen molar-refractivity contribution in [2.45, 2.75) is 30.9 Å². The average molecular weight is 272 g/mol. The van der Waals surface area contributed by atoms with Gasteiger partial charge in [-0.05, 0) is 31.9 Å². The van der Waals surface area contributed by atoms with Crippen LogP contribution in [0.15, 0.2) is 18.2 Å². The molecular weight excluding hydrogens is 257 g/mol. The molecule has 2 unspecified atom stereocenters. The first-order chi connectivity index (χ1) is 8.13. The Hall–Kier alpha value is -0.280. The van der Waals surface area contributed by atoms with Gasteiger partial charge in [0.25, 0.3) is 0 Å². The molecule has 2 nitrogen and oxygen atoms in total. The maximum atomic E-state index is 11.0. The van der Waals surface area contributed by atoms with Gasteiger partial charge in [0, 0.05) is 18.2 Å². The standard InChI is InChI=1S/C13H15Cl2NO/c14-10-4-1-3-9(12(10)15)13(17)6-8-16-7-2-5-11(13)16/h1,3-4,11,17H,2,5-8H2. The van der Waals surface area contributed by atoms with Crippen LogP contribution in [0.1, 0.15) is 24.8 Å². The summed E-state index contributed by atoms with van der Waals surface area (Å²) >= 11 is 12.3. The Balaban J connectivity index is 2.05. The molecule has 2 aliphatic heterocycles. The van der Waals surface area contributed by atoms with Crippen molar-refractivity contribution >= 4 is 23.2 Å². The first-order valence-corrected chi connectivity index (χ1v) is 6.79. The normalized spacial score (nSPS) is 33.0. The van der Waals surface area contributed by atoms with Crippen molar-refractivity contribution in [3.05, 3.63) is 33.8 Å². The minimum atomic E-state index is -0.821. The summed E-state index contributed by atoms with van der Waals surface area (Å²) in [5.41, 5.74) is -0.0283. The number of halogens is 2. The minimum absolute atomic E-state index is 0.207. The molecule has 0 bridgehead atoms. The highest BCUT2D eigenvalue weighted by Crippen LogP contribution is 2.46. The lowest BCUT2D eigenvalue weighted by molar-refractivity contribution is 0.00949. The van der Waals surface area contributed by atoms with Gasteiger partial charge in [-0.1, -0.05) is 35.3 Å². The first-order valence-electron chi connectivity index (χ1n) is 6.04. The van der Waals surface area contributed by atoms with Crippen molar-refractivity contribution in [2.75, 3.05) is 13.1 Å². The van der Waals surface area contributed by atoms with Gasteiger partial charge in [0.2, 0.25) is 0 Å². The minimum Gasteiger partial charge on any atom is -0.383 e. The molecule has 2 saturated heterocycles. The van der Waals surface area contributed by atoms with E-state index in [-0.39, 0.29) is 6.04 Å². The van der Waals surface area contributed by atoms with Crippen molar-refractivity contribution < 1.29 is 5.11 Å². The molecule has 0 radical (unpaired) electrons. The lowest BCUT2D eigenvalue weighted by atomic mass is 9.85. The van der Waals surface area contributed by atoms with Gasteiger partial charge < -0.3 is 5.11 Å². The third-order valence-corrected chi connectivity index (χ3v) is 4.93. The number of hydrogen-bond donors (Lipinski definition) is 1. The smallest absolute Gasteiger partial charge is 0.108 e.